The highest BCUT2D eigenvalue weighted by Crippen LogP contribution is 2.22. The third-order valence-electron chi connectivity index (χ3n) is 2.14. The molecule has 0 saturated heterocycles. The maximum absolute atomic E-state index is 12.4. The van der Waals surface area contributed by atoms with Gasteiger partial charge in [0.05, 0.1) is 0 Å². The van der Waals surface area contributed by atoms with Gasteiger partial charge in [0.15, 0.2) is 0 Å². The average Bonchev–Trinajstić information content (AvgIpc) is 2.38. The molecule has 3 heteroatoms. The number of ether oxygens (including phenoxy) is 1. The fraction of sp³-hybridized carbons (Fsp3) is 0.0769. The topological polar surface area (TPSA) is 18.5 Å². The number of halogens is 1. The van der Waals surface area contributed by atoms with E-state index in [4.69, 9.17) is 4.74 Å². The smallest absolute Gasteiger partial charge is 0.262 e. The highest BCUT2D eigenvalue weighted by molar-refractivity contribution is 5.23. The summed E-state index contributed by atoms with van der Waals surface area (Å²) in [4.78, 5) is 3.82. The van der Waals surface area contributed by atoms with Crippen molar-refractivity contribution in [1.82, 2.24) is 0 Å². The zero-order valence-electron chi connectivity index (χ0n) is 8.55. The van der Waals surface area contributed by atoms with Crippen LogP contribution in [-0.2, 0) is 4.94 Å². The van der Waals surface area contributed by atoms with Crippen molar-refractivity contribution in [1.29, 1.82) is 0 Å². The first-order valence-corrected chi connectivity index (χ1v) is 4.94. The quantitative estimate of drug-likeness (QED) is 0.729. The van der Waals surface area contributed by atoms with Gasteiger partial charge < -0.3 is 4.74 Å². The van der Waals surface area contributed by atoms with E-state index >= 15 is 0 Å². The third-order valence-corrected chi connectivity index (χ3v) is 2.14. The van der Waals surface area contributed by atoms with Crippen molar-refractivity contribution in [2.45, 2.75) is 6.29 Å². The molecule has 0 aromatic heterocycles. The van der Waals surface area contributed by atoms with Crippen LogP contribution in [0.3, 0.4) is 0 Å². The van der Waals surface area contributed by atoms with Crippen LogP contribution in [0.25, 0.3) is 0 Å². The van der Waals surface area contributed by atoms with Crippen molar-refractivity contribution >= 4 is 0 Å². The monoisotopic (exact) mass is 218 g/mol. The molecule has 0 bridgehead atoms. The Bertz CT molecular complexity index is 416. The van der Waals surface area contributed by atoms with Gasteiger partial charge in [0.2, 0.25) is 0 Å². The van der Waals surface area contributed by atoms with E-state index in [1.54, 1.807) is 36.4 Å². The van der Waals surface area contributed by atoms with Crippen LogP contribution in [0.5, 0.6) is 5.75 Å². The van der Waals surface area contributed by atoms with E-state index < -0.39 is 6.29 Å². The van der Waals surface area contributed by atoms with E-state index in [0.29, 0.717) is 11.3 Å². The molecule has 2 aromatic carbocycles. The molecule has 2 nitrogen and oxygen atoms in total. The summed E-state index contributed by atoms with van der Waals surface area (Å²) < 4.78 is 17.8. The first-order chi connectivity index (χ1) is 7.90. The zero-order valence-corrected chi connectivity index (χ0v) is 8.55. The molecule has 0 spiro atoms. The first kappa shape index (κ1) is 10.6. The van der Waals surface area contributed by atoms with Crippen molar-refractivity contribution in [3.63, 3.8) is 0 Å². The lowest BCUT2D eigenvalue weighted by Gasteiger charge is -2.14. The summed E-state index contributed by atoms with van der Waals surface area (Å²) >= 11 is 0. The van der Waals surface area contributed by atoms with Crippen molar-refractivity contribution in [2.24, 2.45) is 0 Å². The largest absolute Gasteiger partial charge is 0.458 e. The molecular weight excluding hydrogens is 207 g/mol. The Morgan fingerprint density at radius 3 is 1.94 bits per heavy atom. The zero-order chi connectivity index (χ0) is 11.2. The molecule has 16 heavy (non-hydrogen) atoms. The second-order valence-electron chi connectivity index (χ2n) is 3.26. The van der Waals surface area contributed by atoms with Crippen LogP contribution in [-0.4, -0.2) is 0 Å². The van der Waals surface area contributed by atoms with Crippen LogP contribution in [0.2, 0.25) is 0 Å². The molecular formula is C13H11FO2. The maximum Gasteiger partial charge on any atom is 0.262 e. The minimum Gasteiger partial charge on any atom is -0.458 e. The Hall–Kier alpha value is -1.87. The molecule has 0 aliphatic heterocycles. The summed E-state index contributed by atoms with van der Waals surface area (Å²) in [5, 5.41) is 0. The Balaban J connectivity index is 2.13. The molecule has 2 rings (SSSR count). The van der Waals surface area contributed by atoms with Crippen LogP contribution in [0, 0.1) is 0 Å². The minimum absolute atomic E-state index is 0.564. The van der Waals surface area contributed by atoms with Gasteiger partial charge in [0, 0.05) is 5.56 Å². The Kier molecular flexibility index (Phi) is 3.51. The second kappa shape index (κ2) is 5.28. The van der Waals surface area contributed by atoms with Crippen molar-refractivity contribution < 1.29 is 14.2 Å². The molecule has 0 heterocycles. The molecule has 0 saturated carbocycles. The summed E-state index contributed by atoms with van der Waals surface area (Å²) in [5.41, 5.74) is 0.633. The van der Waals surface area contributed by atoms with Crippen LogP contribution >= 0.6 is 0 Å². The third kappa shape index (κ3) is 2.58. The van der Waals surface area contributed by atoms with Gasteiger partial charge >= 0.3 is 0 Å². The fourth-order valence-corrected chi connectivity index (χ4v) is 1.37. The van der Waals surface area contributed by atoms with Crippen molar-refractivity contribution in [2.75, 3.05) is 0 Å². The van der Waals surface area contributed by atoms with E-state index in [-0.39, 0.29) is 0 Å². The SMILES string of the molecule is FOC(Oc1ccccc1)c1ccccc1. The summed E-state index contributed by atoms with van der Waals surface area (Å²) in [5.74, 6) is 0.564. The van der Waals surface area contributed by atoms with Gasteiger partial charge in [-0.25, -0.2) is 0 Å². The molecule has 2 aromatic rings. The van der Waals surface area contributed by atoms with Crippen LogP contribution in [0.1, 0.15) is 11.9 Å². The normalized spacial score (nSPS) is 12.1. The first-order valence-electron chi connectivity index (χ1n) is 4.94. The summed E-state index contributed by atoms with van der Waals surface area (Å²) in [6, 6.07) is 17.9. The van der Waals surface area contributed by atoms with Crippen LogP contribution in [0.4, 0.5) is 4.53 Å². The molecule has 0 amide bonds. The number of hydrogen-bond acceptors (Lipinski definition) is 2. The maximum atomic E-state index is 12.4. The van der Waals surface area contributed by atoms with E-state index in [1.807, 2.05) is 24.3 Å². The predicted molar refractivity (Wildman–Crippen MR) is 58.4 cm³/mol. The Morgan fingerprint density at radius 2 is 1.38 bits per heavy atom. The van der Waals surface area contributed by atoms with Gasteiger partial charge in [0.25, 0.3) is 6.29 Å². The standard InChI is InChI=1S/C13H11FO2/c14-16-13(11-7-3-1-4-8-11)15-12-9-5-2-6-10-12/h1-10,13H. The molecule has 1 unspecified atom stereocenters. The van der Waals surface area contributed by atoms with E-state index in [2.05, 4.69) is 4.94 Å². The Labute approximate surface area is 93.1 Å². The van der Waals surface area contributed by atoms with Crippen LogP contribution < -0.4 is 4.74 Å². The lowest BCUT2D eigenvalue weighted by molar-refractivity contribution is -0.249. The van der Waals surface area contributed by atoms with E-state index in [1.165, 1.54) is 0 Å². The molecule has 0 aliphatic carbocycles. The van der Waals surface area contributed by atoms with E-state index in [0.717, 1.165) is 0 Å². The van der Waals surface area contributed by atoms with Gasteiger partial charge in [-0.3, -0.25) is 0 Å². The fourth-order valence-electron chi connectivity index (χ4n) is 1.37. The summed E-state index contributed by atoms with van der Waals surface area (Å²) in [6.45, 7) is 0. The lowest BCUT2D eigenvalue weighted by Crippen LogP contribution is -2.07. The van der Waals surface area contributed by atoms with Gasteiger partial charge in [-0.1, -0.05) is 48.5 Å². The van der Waals surface area contributed by atoms with Crippen LogP contribution in [0.15, 0.2) is 60.7 Å². The van der Waals surface area contributed by atoms with Gasteiger partial charge in [-0.05, 0) is 16.7 Å². The van der Waals surface area contributed by atoms with Crippen molar-refractivity contribution in [3.05, 3.63) is 66.2 Å². The van der Waals surface area contributed by atoms with E-state index in [9.17, 15) is 4.53 Å². The number of benzene rings is 2. The lowest BCUT2D eigenvalue weighted by atomic mass is 10.2. The highest BCUT2D eigenvalue weighted by Gasteiger charge is 2.13. The van der Waals surface area contributed by atoms with Gasteiger partial charge in [0.1, 0.15) is 5.75 Å². The molecule has 0 N–H and O–H groups in total. The molecule has 0 radical (unpaired) electrons. The molecule has 0 fully saturated rings. The molecule has 0 aliphatic rings. The number of rotatable bonds is 4. The summed E-state index contributed by atoms with van der Waals surface area (Å²) in [6.07, 6.45) is -1.02. The number of para-hydroxylation sites is 1. The Morgan fingerprint density at radius 1 is 0.812 bits per heavy atom. The highest BCUT2D eigenvalue weighted by atomic mass is 19.3. The molecule has 1 atom stereocenters. The van der Waals surface area contributed by atoms with Gasteiger partial charge in [-0.2, -0.15) is 0 Å². The average molecular weight is 218 g/mol. The molecule has 82 valence electrons. The van der Waals surface area contributed by atoms with Crippen molar-refractivity contribution in [3.8, 4) is 5.75 Å². The second-order valence-corrected chi connectivity index (χ2v) is 3.26. The van der Waals surface area contributed by atoms with Gasteiger partial charge in [-0.15, -0.1) is 4.94 Å². The summed E-state index contributed by atoms with van der Waals surface area (Å²) in [7, 11) is 0. The minimum atomic E-state index is -1.02. The number of hydrogen-bond donors (Lipinski definition) is 0. The predicted octanol–water partition coefficient (Wildman–Crippen LogP) is 3.67.